The third-order valence-electron chi connectivity index (χ3n) is 4.02. The summed E-state index contributed by atoms with van der Waals surface area (Å²) < 4.78 is 0. The molecule has 4 nitrogen and oxygen atoms in total. The van der Waals surface area contributed by atoms with Crippen LogP contribution in [0.5, 0.6) is 0 Å². The van der Waals surface area contributed by atoms with E-state index in [0.717, 1.165) is 29.9 Å². The third kappa shape index (κ3) is 2.91. The van der Waals surface area contributed by atoms with E-state index >= 15 is 0 Å². The normalized spacial score (nSPS) is 22.5. The highest BCUT2D eigenvalue weighted by atomic mass is 35.5. The van der Waals surface area contributed by atoms with Gasteiger partial charge < -0.3 is 16.0 Å². The Balaban J connectivity index is 1.67. The van der Waals surface area contributed by atoms with Crippen molar-refractivity contribution in [2.75, 3.05) is 17.2 Å². The van der Waals surface area contributed by atoms with Gasteiger partial charge in [0, 0.05) is 17.8 Å². The molecular formula is C15H20ClN3O. The highest BCUT2D eigenvalue weighted by molar-refractivity contribution is 6.33. The Morgan fingerprint density at radius 2 is 2.35 bits per heavy atom. The fourth-order valence-corrected chi connectivity index (χ4v) is 3.29. The van der Waals surface area contributed by atoms with Crippen molar-refractivity contribution in [1.82, 2.24) is 5.32 Å². The van der Waals surface area contributed by atoms with Crippen molar-refractivity contribution in [3.8, 4) is 0 Å². The van der Waals surface area contributed by atoms with Gasteiger partial charge in [0.05, 0.1) is 17.1 Å². The lowest BCUT2D eigenvalue weighted by Gasteiger charge is -2.20. The number of benzene rings is 1. The molecule has 1 aromatic rings. The van der Waals surface area contributed by atoms with Crippen LogP contribution in [0.3, 0.4) is 0 Å². The predicted molar refractivity (Wildman–Crippen MR) is 82.5 cm³/mol. The van der Waals surface area contributed by atoms with Crippen molar-refractivity contribution in [3.63, 3.8) is 0 Å². The molecule has 3 N–H and O–H groups in total. The van der Waals surface area contributed by atoms with Crippen LogP contribution in [0.1, 0.15) is 31.7 Å². The van der Waals surface area contributed by atoms with Crippen LogP contribution in [0.2, 0.25) is 5.02 Å². The first-order valence-corrected chi connectivity index (χ1v) is 7.62. The fourth-order valence-electron chi connectivity index (χ4n) is 3.07. The molecule has 2 heterocycles. The molecule has 108 valence electrons. The molecule has 0 bridgehead atoms. The zero-order chi connectivity index (χ0) is 14.1. The van der Waals surface area contributed by atoms with Crippen LogP contribution >= 0.6 is 11.6 Å². The summed E-state index contributed by atoms with van der Waals surface area (Å²) >= 11 is 6.29. The second-order valence-corrected chi connectivity index (χ2v) is 6.20. The molecule has 2 unspecified atom stereocenters. The van der Waals surface area contributed by atoms with Crippen molar-refractivity contribution in [3.05, 3.63) is 22.7 Å². The van der Waals surface area contributed by atoms with Crippen LogP contribution in [0.25, 0.3) is 0 Å². The molecule has 0 aromatic heterocycles. The zero-order valence-electron chi connectivity index (χ0n) is 11.6. The van der Waals surface area contributed by atoms with Gasteiger partial charge in [-0.2, -0.15) is 0 Å². The molecule has 2 aliphatic heterocycles. The summed E-state index contributed by atoms with van der Waals surface area (Å²) in [4.78, 5) is 11.4. The van der Waals surface area contributed by atoms with Crippen molar-refractivity contribution in [2.24, 2.45) is 0 Å². The number of amides is 1. The van der Waals surface area contributed by atoms with Gasteiger partial charge >= 0.3 is 0 Å². The quantitative estimate of drug-likeness (QED) is 0.800. The highest BCUT2D eigenvalue weighted by Crippen LogP contribution is 2.33. The number of carbonyl (C=O) groups excluding carboxylic acids is 1. The summed E-state index contributed by atoms with van der Waals surface area (Å²) in [6.45, 7) is 3.30. The van der Waals surface area contributed by atoms with E-state index in [2.05, 4.69) is 22.9 Å². The van der Waals surface area contributed by atoms with Crippen molar-refractivity contribution in [2.45, 2.75) is 44.7 Å². The van der Waals surface area contributed by atoms with Gasteiger partial charge in [-0.1, -0.05) is 11.6 Å². The minimum absolute atomic E-state index is 0.0384. The van der Waals surface area contributed by atoms with Gasteiger partial charge in [0.15, 0.2) is 0 Å². The van der Waals surface area contributed by atoms with E-state index in [1.807, 2.05) is 12.1 Å². The molecule has 20 heavy (non-hydrogen) atoms. The Kier molecular flexibility index (Phi) is 3.85. The Hall–Kier alpha value is -1.26. The fraction of sp³-hybridized carbons (Fsp3) is 0.533. The molecule has 1 aromatic carbocycles. The maximum Gasteiger partial charge on any atom is 0.228 e. The SMILES string of the molecule is CC(CC1CCCN1)Nc1cc2c(cc1Cl)NC(=O)C2. The summed E-state index contributed by atoms with van der Waals surface area (Å²) in [5.41, 5.74) is 2.79. The van der Waals surface area contributed by atoms with E-state index in [9.17, 15) is 4.79 Å². The first-order valence-electron chi connectivity index (χ1n) is 7.24. The number of halogens is 1. The smallest absolute Gasteiger partial charge is 0.228 e. The van der Waals surface area contributed by atoms with Gasteiger partial charge in [-0.05, 0) is 50.4 Å². The third-order valence-corrected chi connectivity index (χ3v) is 4.33. The first-order chi connectivity index (χ1) is 9.61. The summed E-state index contributed by atoms with van der Waals surface area (Å²) in [5.74, 6) is 0.0384. The zero-order valence-corrected chi connectivity index (χ0v) is 12.4. The molecule has 0 aliphatic carbocycles. The van der Waals surface area contributed by atoms with E-state index < -0.39 is 0 Å². The minimum atomic E-state index is 0.0384. The van der Waals surface area contributed by atoms with Crippen molar-refractivity contribution >= 4 is 28.9 Å². The number of rotatable bonds is 4. The molecule has 2 aliphatic rings. The Bertz CT molecular complexity index is 526. The van der Waals surface area contributed by atoms with Gasteiger partial charge in [0.25, 0.3) is 0 Å². The van der Waals surface area contributed by atoms with E-state index in [0.29, 0.717) is 23.5 Å². The van der Waals surface area contributed by atoms with Crippen LogP contribution in [0, 0.1) is 0 Å². The molecular weight excluding hydrogens is 274 g/mol. The summed E-state index contributed by atoms with van der Waals surface area (Å²) in [6, 6.07) is 4.79. The maximum atomic E-state index is 11.4. The Labute approximate surface area is 124 Å². The number of hydrogen-bond acceptors (Lipinski definition) is 3. The lowest BCUT2D eigenvalue weighted by molar-refractivity contribution is -0.115. The number of hydrogen-bond donors (Lipinski definition) is 3. The van der Waals surface area contributed by atoms with Gasteiger partial charge in [-0.15, -0.1) is 0 Å². The topological polar surface area (TPSA) is 53.2 Å². The van der Waals surface area contributed by atoms with Crippen molar-refractivity contribution < 1.29 is 4.79 Å². The van der Waals surface area contributed by atoms with Gasteiger partial charge in [0.1, 0.15) is 0 Å². The van der Waals surface area contributed by atoms with Crippen LogP contribution in [-0.4, -0.2) is 24.5 Å². The predicted octanol–water partition coefficient (Wildman–Crippen LogP) is 2.78. The maximum absolute atomic E-state index is 11.4. The van der Waals surface area contributed by atoms with E-state index in [-0.39, 0.29) is 5.91 Å². The lowest BCUT2D eigenvalue weighted by Crippen LogP contribution is -2.29. The highest BCUT2D eigenvalue weighted by Gasteiger charge is 2.21. The summed E-state index contributed by atoms with van der Waals surface area (Å²) in [7, 11) is 0. The average molecular weight is 294 g/mol. The molecule has 1 fully saturated rings. The van der Waals surface area contributed by atoms with E-state index in [4.69, 9.17) is 11.6 Å². The van der Waals surface area contributed by atoms with Gasteiger partial charge in [0.2, 0.25) is 5.91 Å². The molecule has 5 heteroatoms. The Morgan fingerprint density at radius 1 is 1.50 bits per heavy atom. The number of nitrogens with one attached hydrogen (secondary N) is 3. The summed E-state index contributed by atoms with van der Waals surface area (Å²) in [6.07, 6.45) is 4.05. The van der Waals surface area contributed by atoms with Crippen LogP contribution in [0.4, 0.5) is 11.4 Å². The molecule has 2 atom stereocenters. The van der Waals surface area contributed by atoms with E-state index in [1.54, 1.807) is 0 Å². The van der Waals surface area contributed by atoms with Crippen molar-refractivity contribution in [1.29, 1.82) is 0 Å². The standard InChI is InChI=1S/C15H20ClN3O/c1-9(5-11-3-2-4-17-11)18-14-6-10-7-15(20)19-13(10)8-12(14)16/h6,8-9,11,17-18H,2-5,7H2,1H3,(H,19,20). The van der Waals surface area contributed by atoms with Gasteiger partial charge in [-0.25, -0.2) is 0 Å². The number of fused-ring (bicyclic) bond motifs is 1. The largest absolute Gasteiger partial charge is 0.381 e. The molecule has 0 spiro atoms. The average Bonchev–Trinajstić information content (AvgIpc) is 2.98. The number of carbonyl (C=O) groups is 1. The molecule has 1 saturated heterocycles. The molecule has 0 radical (unpaired) electrons. The lowest BCUT2D eigenvalue weighted by atomic mass is 10.1. The van der Waals surface area contributed by atoms with Crippen LogP contribution in [-0.2, 0) is 11.2 Å². The van der Waals surface area contributed by atoms with Gasteiger partial charge in [-0.3, -0.25) is 4.79 Å². The molecule has 1 amide bonds. The molecule has 3 rings (SSSR count). The molecule has 0 saturated carbocycles. The van der Waals surface area contributed by atoms with Crippen LogP contribution < -0.4 is 16.0 Å². The minimum Gasteiger partial charge on any atom is -0.381 e. The second-order valence-electron chi connectivity index (χ2n) is 5.79. The summed E-state index contributed by atoms with van der Waals surface area (Å²) in [5, 5.41) is 10.5. The van der Waals surface area contributed by atoms with E-state index in [1.165, 1.54) is 12.8 Å². The monoisotopic (exact) mass is 293 g/mol. The first kappa shape index (κ1) is 13.7. The second kappa shape index (κ2) is 5.62. The number of anilines is 2. The van der Waals surface area contributed by atoms with Crippen LogP contribution in [0.15, 0.2) is 12.1 Å². The Morgan fingerprint density at radius 3 is 3.10 bits per heavy atom.